The molecule has 7 nitrogen and oxygen atoms in total. The molecule has 2 amide bonds. The molecule has 1 atom stereocenters. The van der Waals surface area contributed by atoms with Gasteiger partial charge in [0.15, 0.2) is 5.75 Å². The molecule has 1 heterocycles. The van der Waals surface area contributed by atoms with Crippen LogP contribution in [0.3, 0.4) is 0 Å². The second-order valence-electron chi connectivity index (χ2n) is 5.48. The monoisotopic (exact) mass is 388 g/mol. The van der Waals surface area contributed by atoms with Crippen LogP contribution in [0.25, 0.3) is 0 Å². The van der Waals surface area contributed by atoms with Crippen LogP contribution < -0.4 is 10.6 Å². The maximum Gasteiger partial charge on any atom is 0.337 e. The van der Waals surface area contributed by atoms with Crippen molar-refractivity contribution < 1.29 is 24.5 Å². The van der Waals surface area contributed by atoms with Gasteiger partial charge in [0.2, 0.25) is 0 Å². The molecule has 0 fully saturated rings. The van der Waals surface area contributed by atoms with E-state index in [1.807, 2.05) is 6.92 Å². The number of halogens is 2. The van der Waals surface area contributed by atoms with E-state index in [1.54, 1.807) is 0 Å². The Morgan fingerprint density at radius 3 is 2.60 bits per heavy atom. The molecule has 4 N–H and O–H groups in total. The lowest BCUT2D eigenvalue weighted by molar-refractivity contribution is -0.136. The van der Waals surface area contributed by atoms with Crippen molar-refractivity contribution in [3.63, 3.8) is 0 Å². The predicted molar refractivity (Wildman–Crippen MR) is 92.8 cm³/mol. The van der Waals surface area contributed by atoms with E-state index in [0.29, 0.717) is 12.1 Å². The maximum absolute atomic E-state index is 12.3. The Morgan fingerprint density at radius 1 is 1.32 bits per heavy atom. The SMILES string of the molecule is CCCCC1=C(C(=O)OC)C(c2cc(Cl)c(O)c(Cl)c2O)NC(=O)N1. The molecule has 0 saturated carbocycles. The summed E-state index contributed by atoms with van der Waals surface area (Å²) >= 11 is 11.8. The Balaban J connectivity index is 2.64. The Bertz CT molecular complexity index is 749. The van der Waals surface area contributed by atoms with Crippen molar-refractivity contribution in [3.05, 3.63) is 32.9 Å². The molecule has 0 saturated heterocycles. The van der Waals surface area contributed by atoms with Crippen molar-refractivity contribution in [2.45, 2.75) is 32.2 Å². The third kappa shape index (κ3) is 3.77. The van der Waals surface area contributed by atoms with Crippen molar-refractivity contribution in [1.82, 2.24) is 10.6 Å². The zero-order valence-corrected chi connectivity index (χ0v) is 15.2. The first-order valence-corrected chi connectivity index (χ1v) is 8.36. The van der Waals surface area contributed by atoms with Crippen LogP contribution in [0.4, 0.5) is 4.79 Å². The molecule has 1 unspecified atom stereocenters. The second-order valence-corrected chi connectivity index (χ2v) is 6.26. The van der Waals surface area contributed by atoms with Crippen LogP contribution in [-0.4, -0.2) is 29.3 Å². The van der Waals surface area contributed by atoms with Crippen LogP contribution in [0.2, 0.25) is 10.0 Å². The highest BCUT2D eigenvalue weighted by atomic mass is 35.5. The molecule has 1 aromatic carbocycles. The smallest absolute Gasteiger partial charge is 0.337 e. The fourth-order valence-electron chi connectivity index (χ4n) is 2.59. The average molecular weight is 389 g/mol. The molecule has 25 heavy (non-hydrogen) atoms. The summed E-state index contributed by atoms with van der Waals surface area (Å²) in [4.78, 5) is 24.3. The van der Waals surface area contributed by atoms with E-state index in [-0.39, 0.29) is 21.2 Å². The number of unbranched alkanes of at least 4 members (excludes halogenated alkanes) is 1. The normalized spacial score (nSPS) is 17.1. The number of urea groups is 1. The molecule has 136 valence electrons. The number of ether oxygens (including phenoxy) is 1. The van der Waals surface area contributed by atoms with Crippen molar-refractivity contribution in [2.75, 3.05) is 7.11 Å². The number of hydrogen-bond acceptors (Lipinski definition) is 5. The van der Waals surface area contributed by atoms with Crippen molar-refractivity contribution >= 4 is 35.2 Å². The third-order valence-corrected chi connectivity index (χ3v) is 4.49. The standard InChI is InChI=1S/C16H18Cl2N2O5/c1-3-4-5-9-10(15(23)25-2)12(20-16(24)19-9)7-6-8(17)14(22)11(18)13(7)21/h6,12,21-22H,3-5H2,1-2H3,(H2,19,20,24). The number of amides is 2. The molecule has 1 aliphatic heterocycles. The second kappa shape index (κ2) is 7.84. The molecule has 0 aromatic heterocycles. The molecule has 9 heteroatoms. The number of hydrogen-bond donors (Lipinski definition) is 4. The van der Waals surface area contributed by atoms with Crippen LogP contribution in [0.5, 0.6) is 11.5 Å². The van der Waals surface area contributed by atoms with Crippen LogP contribution >= 0.6 is 23.2 Å². The summed E-state index contributed by atoms with van der Waals surface area (Å²) in [6, 6.07) is -0.318. The first-order valence-electron chi connectivity index (χ1n) is 7.60. The van der Waals surface area contributed by atoms with Crippen molar-refractivity contribution in [1.29, 1.82) is 0 Å². The predicted octanol–water partition coefficient (Wildman–Crippen LogP) is 3.38. The van der Waals surface area contributed by atoms with Gasteiger partial charge in [-0.05, 0) is 18.9 Å². The number of rotatable bonds is 5. The van der Waals surface area contributed by atoms with E-state index in [2.05, 4.69) is 10.6 Å². The largest absolute Gasteiger partial charge is 0.506 e. The van der Waals surface area contributed by atoms with Crippen LogP contribution in [-0.2, 0) is 9.53 Å². The first kappa shape index (κ1) is 19.2. The van der Waals surface area contributed by atoms with Gasteiger partial charge in [0.1, 0.15) is 10.8 Å². The Hall–Kier alpha value is -2.12. The van der Waals surface area contributed by atoms with Gasteiger partial charge in [-0.25, -0.2) is 9.59 Å². The number of phenolic OH excluding ortho intramolecular Hbond substituents is 2. The summed E-state index contributed by atoms with van der Waals surface area (Å²) < 4.78 is 4.83. The summed E-state index contributed by atoms with van der Waals surface area (Å²) in [5, 5.41) is 24.7. The van der Waals surface area contributed by atoms with Gasteiger partial charge in [0.05, 0.1) is 23.7 Å². The Labute approximate surface area is 154 Å². The number of carbonyl (C=O) groups excluding carboxylic acids is 2. The van der Waals surface area contributed by atoms with Crippen LogP contribution in [0, 0.1) is 0 Å². The molecular weight excluding hydrogens is 371 g/mol. The van der Waals surface area contributed by atoms with Gasteiger partial charge < -0.3 is 25.6 Å². The molecule has 1 aliphatic rings. The lowest BCUT2D eigenvalue weighted by atomic mass is 9.92. The lowest BCUT2D eigenvalue weighted by Crippen LogP contribution is -2.46. The number of esters is 1. The van der Waals surface area contributed by atoms with Crippen molar-refractivity contribution in [3.8, 4) is 11.5 Å². The van der Waals surface area contributed by atoms with E-state index in [9.17, 15) is 19.8 Å². The van der Waals surface area contributed by atoms with Crippen LogP contribution in [0.1, 0.15) is 37.8 Å². The summed E-state index contributed by atoms with van der Waals surface area (Å²) in [5.41, 5.74) is 0.628. The summed E-state index contributed by atoms with van der Waals surface area (Å²) in [6.45, 7) is 1.98. The molecular formula is C16H18Cl2N2O5. The van der Waals surface area contributed by atoms with Gasteiger partial charge >= 0.3 is 12.0 Å². The zero-order chi connectivity index (χ0) is 18.7. The first-order chi connectivity index (χ1) is 11.8. The minimum absolute atomic E-state index is 0.0806. The third-order valence-electron chi connectivity index (χ3n) is 3.85. The zero-order valence-electron chi connectivity index (χ0n) is 13.7. The van der Waals surface area contributed by atoms with Gasteiger partial charge in [-0.1, -0.05) is 36.5 Å². The number of phenols is 2. The summed E-state index contributed by atoms with van der Waals surface area (Å²) in [6.07, 6.45) is 2.05. The quantitative estimate of drug-likeness (QED) is 0.578. The van der Waals surface area contributed by atoms with Gasteiger partial charge in [0, 0.05) is 11.3 Å². The number of allylic oxidation sites excluding steroid dienone is 1. The Morgan fingerprint density at radius 2 is 2.00 bits per heavy atom. The van der Waals surface area contributed by atoms with E-state index in [1.165, 1.54) is 13.2 Å². The highest BCUT2D eigenvalue weighted by Crippen LogP contribution is 2.45. The minimum atomic E-state index is -1.02. The highest BCUT2D eigenvalue weighted by Gasteiger charge is 2.35. The number of methoxy groups -OCH3 is 1. The number of aromatic hydroxyl groups is 2. The average Bonchev–Trinajstić information content (AvgIpc) is 2.59. The summed E-state index contributed by atoms with van der Waals surface area (Å²) in [7, 11) is 1.22. The van der Waals surface area contributed by atoms with Crippen molar-refractivity contribution in [2.24, 2.45) is 0 Å². The van der Waals surface area contributed by atoms with E-state index >= 15 is 0 Å². The molecule has 0 aliphatic carbocycles. The molecule has 0 radical (unpaired) electrons. The van der Waals surface area contributed by atoms with Gasteiger partial charge in [-0.2, -0.15) is 0 Å². The Kier molecular flexibility index (Phi) is 6.02. The van der Waals surface area contributed by atoms with Gasteiger partial charge in [-0.3, -0.25) is 0 Å². The van der Waals surface area contributed by atoms with E-state index in [0.717, 1.165) is 12.8 Å². The molecule has 1 aromatic rings. The molecule has 0 spiro atoms. The van der Waals surface area contributed by atoms with E-state index in [4.69, 9.17) is 27.9 Å². The summed E-state index contributed by atoms with van der Waals surface area (Å²) in [5.74, 6) is -1.63. The molecule has 0 bridgehead atoms. The van der Waals surface area contributed by atoms with E-state index < -0.39 is 29.5 Å². The fourth-order valence-corrected chi connectivity index (χ4v) is 3.06. The lowest BCUT2D eigenvalue weighted by Gasteiger charge is -2.30. The fraction of sp³-hybridized carbons (Fsp3) is 0.375. The number of benzene rings is 1. The number of carbonyl (C=O) groups is 2. The maximum atomic E-state index is 12.3. The van der Waals surface area contributed by atoms with Gasteiger partial charge in [-0.15, -0.1) is 0 Å². The topological polar surface area (TPSA) is 108 Å². The van der Waals surface area contributed by atoms with Crippen LogP contribution in [0.15, 0.2) is 17.3 Å². The van der Waals surface area contributed by atoms with Gasteiger partial charge in [0.25, 0.3) is 0 Å². The number of nitrogens with one attached hydrogen (secondary N) is 2. The minimum Gasteiger partial charge on any atom is -0.506 e. The molecule has 2 rings (SSSR count). The highest BCUT2D eigenvalue weighted by molar-refractivity contribution is 6.38.